The average molecular weight is 400 g/mol. The molecule has 0 aromatic carbocycles. The second kappa shape index (κ2) is 8.99. The van der Waals surface area contributed by atoms with Gasteiger partial charge in [0.25, 0.3) is 0 Å². The molecule has 4 rings (SSSR count). The van der Waals surface area contributed by atoms with Crippen molar-refractivity contribution in [3.63, 3.8) is 0 Å². The van der Waals surface area contributed by atoms with Crippen LogP contribution in [0, 0.1) is 5.92 Å². The summed E-state index contributed by atoms with van der Waals surface area (Å²) in [7, 11) is 0. The molecule has 1 aliphatic heterocycles. The molecule has 0 atom stereocenters. The molecule has 1 amide bonds. The van der Waals surface area contributed by atoms with Crippen LogP contribution in [-0.4, -0.2) is 22.3 Å². The van der Waals surface area contributed by atoms with E-state index < -0.39 is 0 Å². The summed E-state index contributed by atoms with van der Waals surface area (Å²) in [6.07, 6.45) is 7.04. The summed E-state index contributed by atoms with van der Waals surface area (Å²) < 4.78 is 0. The van der Waals surface area contributed by atoms with Crippen molar-refractivity contribution >= 4 is 42.1 Å². The summed E-state index contributed by atoms with van der Waals surface area (Å²) in [5.41, 5.74) is 5.27. The van der Waals surface area contributed by atoms with E-state index in [1.807, 2.05) is 12.4 Å². The normalized spacial score (nSPS) is 16.3. The number of hydrogen-bond donors (Lipinski definition) is 1. The molecule has 0 unspecified atom stereocenters. The SMILES string of the molecule is Cl.Cl.O=C(NCc1cncc2c1CCN(Cc1ccsc1)C2)C1CC1. The molecule has 1 aliphatic carbocycles. The number of nitrogens with one attached hydrogen (secondary N) is 1. The smallest absolute Gasteiger partial charge is 0.223 e. The zero-order valence-corrected chi connectivity index (χ0v) is 16.4. The van der Waals surface area contributed by atoms with Gasteiger partial charge in [0.1, 0.15) is 0 Å². The number of fused-ring (bicyclic) bond motifs is 1. The van der Waals surface area contributed by atoms with Crippen molar-refractivity contribution in [1.82, 2.24) is 15.2 Å². The lowest BCUT2D eigenvalue weighted by Crippen LogP contribution is -2.32. The van der Waals surface area contributed by atoms with Crippen LogP contribution in [0.4, 0.5) is 0 Å². The zero-order chi connectivity index (χ0) is 15.6. The Kier molecular flexibility index (Phi) is 7.25. The maximum absolute atomic E-state index is 11.8. The molecule has 136 valence electrons. The molecular weight excluding hydrogens is 377 g/mol. The first kappa shape index (κ1) is 20.2. The molecule has 1 saturated carbocycles. The maximum atomic E-state index is 11.8. The third-order valence-corrected chi connectivity index (χ3v) is 5.43. The number of halogens is 2. The van der Waals surface area contributed by atoms with Crippen LogP contribution in [0.3, 0.4) is 0 Å². The van der Waals surface area contributed by atoms with Gasteiger partial charge < -0.3 is 5.32 Å². The molecule has 7 heteroatoms. The van der Waals surface area contributed by atoms with Gasteiger partial charge in [0.15, 0.2) is 0 Å². The fourth-order valence-electron chi connectivity index (χ4n) is 3.23. The predicted molar refractivity (Wildman–Crippen MR) is 105 cm³/mol. The van der Waals surface area contributed by atoms with E-state index in [1.165, 1.54) is 22.3 Å². The molecule has 2 aromatic rings. The van der Waals surface area contributed by atoms with Gasteiger partial charge in [0.05, 0.1) is 0 Å². The van der Waals surface area contributed by atoms with Gasteiger partial charge in [-0.25, -0.2) is 0 Å². The lowest BCUT2D eigenvalue weighted by atomic mass is 9.97. The van der Waals surface area contributed by atoms with Gasteiger partial charge in [-0.1, -0.05) is 0 Å². The van der Waals surface area contributed by atoms with Crippen molar-refractivity contribution in [2.75, 3.05) is 6.54 Å². The van der Waals surface area contributed by atoms with Crippen LogP contribution in [-0.2, 0) is 30.8 Å². The van der Waals surface area contributed by atoms with Crippen molar-refractivity contribution in [1.29, 1.82) is 0 Å². The van der Waals surface area contributed by atoms with Crippen LogP contribution in [0.1, 0.15) is 35.1 Å². The Hall–Kier alpha value is -1.14. The third kappa shape index (κ3) is 4.94. The molecule has 2 aliphatic rings. The van der Waals surface area contributed by atoms with Gasteiger partial charge in [0.2, 0.25) is 5.91 Å². The molecule has 1 N–H and O–H groups in total. The van der Waals surface area contributed by atoms with Crippen molar-refractivity contribution in [3.8, 4) is 0 Å². The lowest BCUT2D eigenvalue weighted by Gasteiger charge is -2.29. The minimum atomic E-state index is 0. The van der Waals surface area contributed by atoms with E-state index in [-0.39, 0.29) is 36.6 Å². The van der Waals surface area contributed by atoms with E-state index in [1.54, 1.807) is 11.3 Å². The van der Waals surface area contributed by atoms with Gasteiger partial charge in [-0.2, -0.15) is 11.3 Å². The summed E-state index contributed by atoms with van der Waals surface area (Å²) >= 11 is 1.75. The van der Waals surface area contributed by atoms with Gasteiger partial charge in [-0.15, -0.1) is 24.8 Å². The fourth-order valence-corrected chi connectivity index (χ4v) is 3.89. The highest BCUT2D eigenvalue weighted by Crippen LogP contribution is 2.29. The summed E-state index contributed by atoms with van der Waals surface area (Å²) in [5.74, 6) is 0.473. The lowest BCUT2D eigenvalue weighted by molar-refractivity contribution is -0.122. The van der Waals surface area contributed by atoms with Gasteiger partial charge in [-0.3, -0.25) is 14.7 Å². The number of nitrogens with zero attached hydrogens (tertiary/aromatic N) is 2. The van der Waals surface area contributed by atoms with Gasteiger partial charge >= 0.3 is 0 Å². The highest BCUT2D eigenvalue weighted by atomic mass is 35.5. The van der Waals surface area contributed by atoms with Gasteiger partial charge in [-0.05, 0) is 58.3 Å². The van der Waals surface area contributed by atoms with Crippen LogP contribution in [0.5, 0.6) is 0 Å². The van der Waals surface area contributed by atoms with E-state index in [0.29, 0.717) is 6.54 Å². The number of rotatable bonds is 5. The zero-order valence-electron chi connectivity index (χ0n) is 13.9. The third-order valence-electron chi connectivity index (χ3n) is 4.70. The summed E-state index contributed by atoms with van der Waals surface area (Å²) in [6.45, 7) is 3.64. The van der Waals surface area contributed by atoms with Crippen molar-refractivity contribution < 1.29 is 4.79 Å². The Morgan fingerprint density at radius 1 is 1.32 bits per heavy atom. The number of hydrogen-bond acceptors (Lipinski definition) is 4. The second-order valence-electron chi connectivity index (χ2n) is 6.52. The van der Waals surface area contributed by atoms with Crippen molar-refractivity contribution in [2.24, 2.45) is 5.92 Å². The molecule has 0 radical (unpaired) electrons. The second-order valence-corrected chi connectivity index (χ2v) is 7.30. The Balaban J connectivity index is 0.00000113. The molecule has 0 saturated heterocycles. The quantitative estimate of drug-likeness (QED) is 0.835. The standard InChI is InChI=1S/C18H21N3OS.2ClH/c22-18(14-1-2-14)20-9-15-7-19-8-16-11-21(5-3-17(15)16)10-13-4-6-23-12-13;;/h4,6-8,12,14H,1-3,5,9-11H2,(H,20,22);2*1H. The molecule has 25 heavy (non-hydrogen) atoms. The van der Waals surface area contributed by atoms with E-state index >= 15 is 0 Å². The number of thiophene rings is 1. The van der Waals surface area contributed by atoms with E-state index in [9.17, 15) is 4.79 Å². The molecular formula is C18H23Cl2N3OS. The van der Waals surface area contributed by atoms with Crippen molar-refractivity contribution in [2.45, 2.75) is 38.9 Å². The fraction of sp³-hybridized carbons (Fsp3) is 0.444. The Bertz CT molecular complexity index is 704. The van der Waals surface area contributed by atoms with Crippen LogP contribution >= 0.6 is 36.2 Å². The van der Waals surface area contributed by atoms with Crippen LogP contribution in [0.25, 0.3) is 0 Å². The molecule has 1 fully saturated rings. The highest BCUT2D eigenvalue weighted by molar-refractivity contribution is 7.07. The molecule has 0 spiro atoms. The molecule has 3 heterocycles. The number of aromatic nitrogens is 1. The first-order valence-electron chi connectivity index (χ1n) is 8.25. The minimum absolute atomic E-state index is 0. The van der Waals surface area contributed by atoms with Crippen molar-refractivity contribution in [3.05, 3.63) is 51.5 Å². The van der Waals surface area contributed by atoms with E-state index in [0.717, 1.165) is 38.9 Å². The number of carbonyl (C=O) groups is 1. The monoisotopic (exact) mass is 399 g/mol. The minimum Gasteiger partial charge on any atom is -0.352 e. The number of pyridine rings is 1. The summed E-state index contributed by atoms with van der Waals surface area (Å²) in [4.78, 5) is 18.7. The highest BCUT2D eigenvalue weighted by Gasteiger charge is 2.29. The average Bonchev–Trinajstić information content (AvgIpc) is 3.30. The first-order chi connectivity index (χ1) is 11.3. The molecule has 4 nitrogen and oxygen atoms in total. The molecule has 2 aromatic heterocycles. The van der Waals surface area contributed by atoms with Gasteiger partial charge in [0, 0.05) is 44.5 Å². The Morgan fingerprint density at radius 2 is 2.16 bits per heavy atom. The van der Waals surface area contributed by atoms with Crippen LogP contribution < -0.4 is 5.32 Å². The van der Waals surface area contributed by atoms with Crippen LogP contribution in [0.2, 0.25) is 0 Å². The topological polar surface area (TPSA) is 45.2 Å². The summed E-state index contributed by atoms with van der Waals surface area (Å²) in [6, 6.07) is 2.20. The summed E-state index contributed by atoms with van der Waals surface area (Å²) in [5, 5.41) is 7.42. The Morgan fingerprint density at radius 3 is 2.88 bits per heavy atom. The first-order valence-corrected chi connectivity index (χ1v) is 9.19. The van der Waals surface area contributed by atoms with Crippen LogP contribution in [0.15, 0.2) is 29.2 Å². The molecule has 0 bridgehead atoms. The number of amides is 1. The van der Waals surface area contributed by atoms with E-state index in [2.05, 4.69) is 32.0 Å². The van der Waals surface area contributed by atoms with E-state index in [4.69, 9.17) is 0 Å². The number of carbonyl (C=O) groups excluding carboxylic acids is 1. The largest absolute Gasteiger partial charge is 0.352 e. The predicted octanol–water partition coefficient (Wildman–Crippen LogP) is 3.57. The maximum Gasteiger partial charge on any atom is 0.223 e. The Labute approximate surface area is 164 Å².